The molecule has 4 rings (SSSR count). The highest BCUT2D eigenvalue weighted by Crippen LogP contribution is 2.29. The van der Waals surface area contributed by atoms with E-state index in [2.05, 4.69) is 4.98 Å². The molecule has 10 heteroatoms. The summed E-state index contributed by atoms with van der Waals surface area (Å²) >= 11 is 8.52. The summed E-state index contributed by atoms with van der Waals surface area (Å²) in [4.78, 5) is 18.8. The zero-order valence-electron chi connectivity index (χ0n) is 14.9. The molecule has 1 saturated heterocycles. The highest BCUT2D eigenvalue weighted by Gasteiger charge is 2.31. The van der Waals surface area contributed by atoms with Gasteiger partial charge in [-0.3, -0.25) is 4.79 Å². The maximum atomic E-state index is 12.6. The first kappa shape index (κ1) is 19.8. The maximum Gasteiger partial charge on any atom is 0.252 e. The molecule has 0 unspecified atom stereocenters. The SMILES string of the molecule is O=C(CCc1nc2ccccc2s1)N1CCN(S(=O)(=O)c2ccc(Cl)s2)CC1. The van der Waals surface area contributed by atoms with Gasteiger partial charge < -0.3 is 4.90 Å². The monoisotopic (exact) mass is 455 g/mol. The second kappa shape index (κ2) is 8.08. The van der Waals surface area contributed by atoms with Crippen LogP contribution in [0.3, 0.4) is 0 Å². The van der Waals surface area contributed by atoms with Gasteiger partial charge in [0.25, 0.3) is 10.0 Å². The zero-order chi connectivity index (χ0) is 19.7. The molecule has 28 heavy (non-hydrogen) atoms. The van der Waals surface area contributed by atoms with Crippen LogP contribution in [0.15, 0.2) is 40.6 Å². The van der Waals surface area contributed by atoms with Gasteiger partial charge in [0.1, 0.15) is 4.21 Å². The number of carbonyl (C=O) groups excluding carboxylic acids is 1. The molecule has 3 aromatic rings. The lowest BCUT2D eigenvalue weighted by molar-refractivity contribution is -0.132. The summed E-state index contributed by atoms with van der Waals surface area (Å²) in [6.07, 6.45) is 0.984. The van der Waals surface area contributed by atoms with Gasteiger partial charge in [-0.1, -0.05) is 23.7 Å². The fourth-order valence-corrected chi connectivity index (χ4v) is 7.17. The van der Waals surface area contributed by atoms with Crippen molar-refractivity contribution in [2.24, 2.45) is 0 Å². The van der Waals surface area contributed by atoms with Crippen molar-refractivity contribution in [1.29, 1.82) is 0 Å². The molecular formula is C18H18ClN3O3S3. The molecule has 0 radical (unpaired) electrons. The number of benzene rings is 1. The van der Waals surface area contributed by atoms with Gasteiger partial charge in [0.15, 0.2) is 0 Å². The minimum Gasteiger partial charge on any atom is -0.340 e. The van der Waals surface area contributed by atoms with Crippen LogP contribution in [0.2, 0.25) is 4.34 Å². The fraction of sp³-hybridized carbons (Fsp3) is 0.333. The number of carbonyl (C=O) groups is 1. The Bertz CT molecular complexity index is 1070. The fourth-order valence-electron chi connectivity index (χ4n) is 3.14. The van der Waals surface area contributed by atoms with Gasteiger partial charge in [-0.05, 0) is 24.3 Å². The van der Waals surface area contributed by atoms with E-state index in [1.165, 1.54) is 10.4 Å². The predicted molar refractivity (Wildman–Crippen MR) is 113 cm³/mol. The van der Waals surface area contributed by atoms with Crippen LogP contribution in [0, 0.1) is 0 Å². The van der Waals surface area contributed by atoms with Gasteiger partial charge in [0.05, 0.1) is 19.6 Å². The van der Waals surface area contributed by atoms with Crippen molar-refractivity contribution in [3.05, 3.63) is 45.7 Å². The molecule has 148 valence electrons. The number of rotatable bonds is 5. The Morgan fingerprint density at radius 3 is 2.50 bits per heavy atom. The molecule has 0 saturated carbocycles. The minimum absolute atomic E-state index is 0.0375. The normalized spacial score (nSPS) is 16.0. The number of thiazole rings is 1. The number of hydrogen-bond acceptors (Lipinski definition) is 6. The molecule has 6 nitrogen and oxygen atoms in total. The molecule has 0 atom stereocenters. The van der Waals surface area contributed by atoms with Crippen LogP contribution >= 0.6 is 34.3 Å². The van der Waals surface area contributed by atoms with Gasteiger partial charge in [-0.25, -0.2) is 13.4 Å². The topological polar surface area (TPSA) is 70.6 Å². The Morgan fingerprint density at radius 1 is 1.07 bits per heavy atom. The van der Waals surface area contributed by atoms with Gasteiger partial charge in [0, 0.05) is 39.0 Å². The first-order valence-electron chi connectivity index (χ1n) is 8.81. The smallest absolute Gasteiger partial charge is 0.252 e. The molecule has 1 aromatic carbocycles. The standard InChI is InChI=1S/C18H18ClN3O3S3/c19-15-5-8-18(27-15)28(24,25)22-11-9-21(10-12-22)17(23)7-6-16-20-13-3-1-2-4-14(13)26-16/h1-5,8H,6-7,9-12H2. The van der Waals surface area contributed by atoms with Crippen LogP contribution < -0.4 is 0 Å². The largest absolute Gasteiger partial charge is 0.340 e. The highest BCUT2D eigenvalue weighted by atomic mass is 35.5. The summed E-state index contributed by atoms with van der Waals surface area (Å²) in [5.41, 5.74) is 0.961. The molecule has 0 aliphatic carbocycles. The lowest BCUT2D eigenvalue weighted by atomic mass is 10.2. The average Bonchev–Trinajstić information content (AvgIpc) is 3.32. The number of aromatic nitrogens is 1. The summed E-state index contributed by atoms with van der Waals surface area (Å²) in [6.45, 7) is 1.39. The van der Waals surface area contributed by atoms with Crippen LogP contribution in [0.1, 0.15) is 11.4 Å². The summed E-state index contributed by atoms with van der Waals surface area (Å²) in [5.74, 6) is 0.0375. The van der Waals surface area contributed by atoms with Crippen LogP contribution in [0.4, 0.5) is 0 Å². The first-order chi connectivity index (χ1) is 13.4. The number of sulfonamides is 1. The Labute approximate surface area is 176 Å². The molecule has 1 fully saturated rings. The van der Waals surface area contributed by atoms with Gasteiger partial charge in [-0.15, -0.1) is 22.7 Å². The van der Waals surface area contributed by atoms with E-state index in [1.807, 2.05) is 24.3 Å². The van der Waals surface area contributed by atoms with E-state index in [0.717, 1.165) is 26.6 Å². The molecular weight excluding hydrogens is 438 g/mol. The Morgan fingerprint density at radius 2 is 1.82 bits per heavy atom. The quantitative estimate of drug-likeness (QED) is 0.590. The number of para-hydroxylation sites is 1. The van der Waals surface area contributed by atoms with Crippen LogP contribution in [0.5, 0.6) is 0 Å². The Kier molecular flexibility index (Phi) is 5.71. The molecule has 1 amide bonds. The van der Waals surface area contributed by atoms with E-state index in [4.69, 9.17) is 11.6 Å². The molecule has 0 spiro atoms. The number of thiophene rings is 1. The average molecular weight is 456 g/mol. The third kappa shape index (κ3) is 4.08. The van der Waals surface area contributed by atoms with E-state index in [-0.39, 0.29) is 10.1 Å². The number of amides is 1. The highest BCUT2D eigenvalue weighted by molar-refractivity contribution is 7.91. The van der Waals surface area contributed by atoms with Crippen molar-refractivity contribution in [3.63, 3.8) is 0 Å². The van der Waals surface area contributed by atoms with E-state index in [0.29, 0.717) is 43.4 Å². The number of fused-ring (bicyclic) bond motifs is 1. The van der Waals surface area contributed by atoms with E-state index < -0.39 is 10.0 Å². The summed E-state index contributed by atoms with van der Waals surface area (Å²) in [6, 6.07) is 11.0. The third-order valence-corrected chi connectivity index (χ3v) is 9.32. The second-order valence-corrected chi connectivity index (χ2v) is 11.4. The Hall–Kier alpha value is -1.52. The number of halogens is 1. The molecule has 3 heterocycles. The van der Waals surface area contributed by atoms with E-state index in [9.17, 15) is 13.2 Å². The summed E-state index contributed by atoms with van der Waals surface area (Å²) in [7, 11) is -3.54. The number of nitrogens with zero attached hydrogens (tertiary/aromatic N) is 3. The van der Waals surface area contributed by atoms with E-state index >= 15 is 0 Å². The first-order valence-corrected chi connectivity index (χ1v) is 12.3. The maximum absolute atomic E-state index is 12.6. The molecule has 1 aliphatic rings. The summed E-state index contributed by atoms with van der Waals surface area (Å²) < 4.78 is 28.5. The van der Waals surface area contributed by atoms with E-state index in [1.54, 1.807) is 22.3 Å². The molecule has 0 bridgehead atoms. The molecule has 0 N–H and O–H groups in total. The Balaban J connectivity index is 1.32. The van der Waals surface area contributed by atoms with Gasteiger partial charge in [0.2, 0.25) is 5.91 Å². The predicted octanol–water partition coefficient (Wildman–Crippen LogP) is 3.48. The zero-order valence-corrected chi connectivity index (χ0v) is 18.1. The number of hydrogen-bond donors (Lipinski definition) is 0. The second-order valence-electron chi connectivity index (χ2n) is 6.42. The lowest BCUT2D eigenvalue weighted by Gasteiger charge is -2.33. The van der Waals surface area contributed by atoms with Crippen molar-refractivity contribution in [3.8, 4) is 0 Å². The van der Waals surface area contributed by atoms with Gasteiger partial charge in [-0.2, -0.15) is 4.31 Å². The molecule has 2 aromatic heterocycles. The third-order valence-electron chi connectivity index (χ3n) is 4.62. The van der Waals surface area contributed by atoms with Crippen molar-refractivity contribution >= 4 is 60.4 Å². The minimum atomic E-state index is -3.54. The number of piperazine rings is 1. The number of aryl methyl sites for hydroxylation is 1. The lowest BCUT2D eigenvalue weighted by Crippen LogP contribution is -2.50. The van der Waals surface area contributed by atoms with Gasteiger partial charge >= 0.3 is 0 Å². The van der Waals surface area contributed by atoms with Crippen molar-refractivity contribution < 1.29 is 13.2 Å². The van der Waals surface area contributed by atoms with Crippen molar-refractivity contribution in [2.45, 2.75) is 17.1 Å². The van der Waals surface area contributed by atoms with Crippen LogP contribution in [-0.4, -0.2) is 54.7 Å². The van der Waals surface area contributed by atoms with Crippen molar-refractivity contribution in [2.75, 3.05) is 26.2 Å². The van der Waals surface area contributed by atoms with Crippen LogP contribution in [-0.2, 0) is 21.2 Å². The molecule has 1 aliphatic heterocycles. The van der Waals surface area contributed by atoms with Crippen LogP contribution in [0.25, 0.3) is 10.2 Å². The summed E-state index contributed by atoms with van der Waals surface area (Å²) in [5, 5.41) is 0.949. The van der Waals surface area contributed by atoms with Crippen molar-refractivity contribution in [1.82, 2.24) is 14.2 Å².